The van der Waals surface area contributed by atoms with Crippen LogP contribution >= 0.6 is 0 Å². The summed E-state index contributed by atoms with van der Waals surface area (Å²) in [5.41, 5.74) is -1.60. The fourth-order valence-corrected chi connectivity index (χ4v) is 3.74. The van der Waals surface area contributed by atoms with E-state index in [0.717, 1.165) is 16.9 Å². The number of aliphatic hydroxyl groups is 4. The average Bonchev–Trinajstić information content (AvgIpc) is 3.06. The molecule has 27 heavy (non-hydrogen) atoms. The molecule has 2 fully saturated rings. The van der Waals surface area contributed by atoms with E-state index in [1.165, 1.54) is 0 Å². The van der Waals surface area contributed by atoms with Crippen molar-refractivity contribution in [2.75, 3.05) is 13.7 Å². The Morgan fingerprint density at radius 2 is 1.78 bits per heavy atom. The van der Waals surface area contributed by atoms with Gasteiger partial charge in [0.15, 0.2) is 17.3 Å². The molecule has 2 aromatic rings. The van der Waals surface area contributed by atoms with Gasteiger partial charge >= 0.3 is 0 Å². The Bertz CT molecular complexity index is 819. The van der Waals surface area contributed by atoms with E-state index in [1.54, 1.807) is 19.2 Å². The van der Waals surface area contributed by atoms with Gasteiger partial charge in [-0.1, -0.05) is 30.3 Å². The molecular weight excluding hydrogens is 352 g/mol. The molecule has 5 atom stereocenters. The molecule has 0 radical (unpaired) electrons. The first kappa shape index (κ1) is 18.2. The highest BCUT2D eigenvalue weighted by atomic mass is 16.7. The van der Waals surface area contributed by atoms with Crippen LogP contribution in [0.15, 0.2) is 48.5 Å². The van der Waals surface area contributed by atoms with Crippen LogP contribution in [0.5, 0.6) is 11.5 Å². The molecule has 1 aliphatic heterocycles. The second kappa shape index (κ2) is 6.47. The topological polar surface area (TPSA) is 109 Å². The molecule has 4 rings (SSSR count). The number of rotatable bonds is 6. The molecule has 7 nitrogen and oxygen atoms in total. The largest absolute Gasteiger partial charge is 0.497 e. The van der Waals surface area contributed by atoms with Crippen molar-refractivity contribution in [3.8, 4) is 11.5 Å². The molecule has 1 saturated heterocycles. The van der Waals surface area contributed by atoms with Crippen molar-refractivity contribution >= 4 is 0 Å². The summed E-state index contributed by atoms with van der Waals surface area (Å²) in [5.74, 6) is 1.26. The smallest absolute Gasteiger partial charge is 0.230 e. The number of hydrogen-bond donors (Lipinski definition) is 4. The Hall–Kier alpha value is -2.16. The zero-order chi connectivity index (χ0) is 19.2. The summed E-state index contributed by atoms with van der Waals surface area (Å²) < 4.78 is 16.5. The first-order chi connectivity index (χ1) is 13.0. The molecule has 0 bridgehead atoms. The van der Waals surface area contributed by atoms with E-state index in [4.69, 9.17) is 14.2 Å². The van der Waals surface area contributed by atoms with Gasteiger partial charge in [-0.05, 0) is 29.3 Å². The van der Waals surface area contributed by atoms with E-state index in [-0.39, 0.29) is 0 Å². The van der Waals surface area contributed by atoms with Crippen molar-refractivity contribution in [3.05, 3.63) is 59.7 Å². The van der Waals surface area contributed by atoms with Gasteiger partial charge in [-0.3, -0.25) is 0 Å². The van der Waals surface area contributed by atoms with Crippen molar-refractivity contribution in [2.24, 2.45) is 0 Å². The highest BCUT2D eigenvalue weighted by molar-refractivity contribution is 5.40. The van der Waals surface area contributed by atoms with E-state index in [1.807, 2.05) is 36.4 Å². The van der Waals surface area contributed by atoms with Crippen LogP contribution < -0.4 is 9.47 Å². The Labute approximate surface area is 156 Å². The lowest BCUT2D eigenvalue weighted by Gasteiger charge is -2.24. The fourth-order valence-electron chi connectivity index (χ4n) is 3.74. The van der Waals surface area contributed by atoms with Gasteiger partial charge in [-0.15, -0.1) is 0 Å². The summed E-state index contributed by atoms with van der Waals surface area (Å²) in [5, 5.41) is 40.0. The van der Waals surface area contributed by atoms with Gasteiger partial charge in [0.2, 0.25) is 6.29 Å². The quantitative estimate of drug-likeness (QED) is 0.573. The third-order valence-corrected chi connectivity index (χ3v) is 5.49. The number of aliphatic hydroxyl groups excluding tert-OH is 3. The van der Waals surface area contributed by atoms with Gasteiger partial charge < -0.3 is 34.6 Å². The third kappa shape index (κ3) is 2.62. The molecular formula is C20H22O7. The second-order valence-corrected chi connectivity index (χ2v) is 6.96. The lowest BCUT2D eigenvalue weighted by molar-refractivity contribution is -0.170. The van der Waals surface area contributed by atoms with E-state index in [0.29, 0.717) is 12.2 Å². The van der Waals surface area contributed by atoms with Crippen LogP contribution in [0.1, 0.15) is 11.1 Å². The van der Waals surface area contributed by atoms with Crippen LogP contribution in [-0.4, -0.2) is 63.8 Å². The average molecular weight is 374 g/mol. The van der Waals surface area contributed by atoms with Gasteiger partial charge in [0, 0.05) is 6.42 Å². The Balaban J connectivity index is 1.52. The summed E-state index contributed by atoms with van der Waals surface area (Å²) in [4.78, 5) is 0. The molecule has 144 valence electrons. The van der Waals surface area contributed by atoms with Gasteiger partial charge in [-0.2, -0.15) is 0 Å². The van der Waals surface area contributed by atoms with Crippen LogP contribution in [0, 0.1) is 0 Å². The lowest BCUT2D eigenvalue weighted by atomic mass is 10.0. The standard InChI is InChI=1S/C20H22O7/c1-25-14-8-6-12(7-9-14)10-13-4-2-3-5-15(13)26-17-16(22)20(24)18(23)19(20,11-21)27-17/h2-9,16-18,21-24H,10-11H2,1H3/t16-,17-,18+,19-,20-/m0/s1. The highest BCUT2D eigenvalue weighted by Crippen LogP contribution is 2.59. The minimum absolute atomic E-state index is 0.491. The molecule has 2 aromatic carbocycles. The van der Waals surface area contributed by atoms with Crippen molar-refractivity contribution in [3.63, 3.8) is 0 Å². The van der Waals surface area contributed by atoms with E-state index in [2.05, 4.69) is 0 Å². The molecule has 1 aliphatic carbocycles. The number of ether oxygens (including phenoxy) is 3. The first-order valence-electron chi connectivity index (χ1n) is 8.71. The summed E-state index contributed by atoms with van der Waals surface area (Å²) in [6.45, 7) is -0.616. The number of benzene rings is 2. The Morgan fingerprint density at radius 3 is 2.41 bits per heavy atom. The van der Waals surface area contributed by atoms with E-state index < -0.39 is 36.3 Å². The van der Waals surface area contributed by atoms with Crippen molar-refractivity contribution < 1.29 is 34.6 Å². The van der Waals surface area contributed by atoms with Crippen LogP contribution in [0.2, 0.25) is 0 Å². The monoisotopic (exact) mass is 374 g/mol. The van der Waals surface area contributed by atoms with Gasteiger partial charge in [0.05, 0.1) is 13.7 Å². The Kier molecular flexibility index (Phi) is 4.37. The maximum Gasteiger partial charge on any atom is 0.230 e. The van der Waals surface area contributed by atoms with Crippen molar-refractivity contribution in [1.82, 2.24) is 0 Å². The highest BCUT2D eigenvalue weighted by Gasteiger charge is 2.87. The Morgan fingerprint density at radius 1 is 1.07 bits per heavy atom. The van der Waals surface area contributed by atoms with Gasteiger partial charge in [0.25, 0.3) is 0 Å². The molecule has 7 heteroatoms. The number of hydrogen-bond acceptors (Lipinski definition) is 7. The van der Waals surface area contributed by atoms with Crippen molar-refractivity contribution in [1.29, 1.82) is 0 Å². The second-order valence-electron chi connectivity index (χ2n) is 6.96. The fraction of sp³-hybridized carbons (Fsp3) is 0.400. The van der Waals surface area contributed by atoms with E-state index >= 15 is 0 Å². The molecule has 1 heterocycles. The minimum Gasteiger partial charge on any atom is -0.497 e. The normalized spacial score (nSPS) is 34.2. The van der Waals surface area contributed by atoms with Crippen LogP contribution in [-0.2, 0) is 11.2 Å². The predicted octanol–water partition coefficient (Wildman–Crippen LogP) is 0.219. The summed E-state index contributed by atoms with van der Waals surface area (Å²) in [6, 6.07) is 15.0. The SMILES string of the molecule is COc1ccc(Cc2ccccc2O[C@H]2O[C@@]3(CO)[C@@H](O)[C@@]3(O)[C@H]2O)cc1. The summed E-state index contributed by atoms with van der Waals surface area (Å²) >= 11 is 0. The zero-order valence-electron chi connectivity index (χ0n) is 14.8. The van der Waals surface area contributed by atoms with Crippen LogP contribution in [0.3, 0.4) is 0 Å². The molecule has 0 amide bonds. The molecule has 4 N–H and O–H groups in total. The molecule has 1 saturated carbocycles. The predicted molar refractivity (Wildman–Crippen MR) is 94.5 cm³/mol. The number of para-hydroxylation sites is 1. The van der Waals surface area contributed by atoms with Crippen LogP contribution in [0.25, 0.3) is 0 Å². The summed E-state index contributed by atoms with van der Waals surface area (Å²) in [7, 11) is 1.61. The minimum atomic E-state index is -1.92. The van der Waals surface area contributed by atoms with Crippen molar-refractivity contribution in [2.45, 2.75) is 36.1 Å². The summed E-state index contributed by atoms with van der Waals surface area (Å²) in [6.07, 6.45) is -3.43. The molecule has 0 aromatic heterocycles. The van der Waals surface area contributed by atoms with Gasteiger partial charge in [-0.25, -0.2) is 0 Å². The van der Waals surface area contributed by atoms with Crippen LogP contribution in [0.4, 0.5) is 0 Å². The third-order valence-electron chi connectivity index (χ3n) is 5.49. The molecule has 2 aliphatic rings. The van der Waals surface area contributed by atoms with E-state index in [9.17, 15) is 20.4 Å². The first-order valence-corrected chi connectivity index (χ1v) is 8.71. The molecule has 0 spiro atoms. The number of methoxy groups -OCH3 is 1. The maximum absolute atomic E-state index is 10.4. The lowest BCUT2D eigenvalue weighted by Crippen LogP contribution is -2.41. The number of fused-ring (bicyclic) bond motifs is 1. The maximum atomic E-state index is 10.4. The van der Waals surface area contributed by atoms with Gasteiger partial charge in [0.1, 0.15) is 17.6 Å². The molecule has 0 unspecified atom stereocenters. The zero-order valence-corrected chi connectivity index (χ0v) is 14.8.